The molecule has 0 bridgehead atoms. The summed E-state index contributed by atoms with van der Waals surface area (Å²) in [6.07, 6.45) is -2.50. The lowest BCUT2D eigenvalue weighted by Crippen LogP contribution is -2.32. The van der Waals surface area contributed by atoms with Crippen molar-refractivity contribution in [1.82, 2.24) is 10.3 Å². The minimum Gasteiger partial charge on any atom is -0.369 e. The van der Waals surface area contributed by atoms with Gasteiger partial charge in [-0.15, -0.1) is 0 Å². The molecule has 0 saturated carbocycles. The second-order valence-corrected chi connectivity index (χ2v) is 3.44. The molecule has 0 amide bonds. The van der Waals surface area contributed by atoms with Crippen molar-refractivity contribution in [2.24, 2.45) is 0 Å². The Hall–Kier alpha value is -1.30. The highest BCUT2D eigenvalue weighted by Crippen LogP contribution is 2.11. The molecule has 1 heterocycles. The van der Waals surface area contributed by atoms with Crippen molar-refractivity contribution in [3.63, 3.8) is 0 Å². The maximum absolute atomic E-state index is 11.8. The van der Waals surface area contributed by atoms with Crippen LogP contribution in [0.4, 0.5) is 19.0 Å². The predicted octanol–water partition coefficient (Wildman–Crippen LogP) is 1.95. The quantitative estimate of drug-likeness (QED) is 0.763. The Bertz CT molecular complexity index is 325. The van der Waals surface area contributed by atoms with Crippen LogP contribution in [0.2, 0.25) is 0 Å². The minimum atomic E-state index is -4.15. The van der Waals surface area contributed by atoms with E-state index in [-0.39, 0.29) is 6.54 Å². The lowest BCUT2D eigenvalue weighted by molar-refractivity contribution is -0.124. The number of hydrogen-bond donors (Lipinski definition) is 2. The van der Waals surface area contributed by atoms with Crippen molar-refractivity contribution in [3.05, 3.63) is 23.9 Å². The standard InChI is InChI=1S/C10H14F3N3/c1-8-2-3-15-9(6-8)16-5-4-14-7-10(11,12)13/h2-3,6,14H,4-5,7H2,1H3,(H,15,16). The maximum atomic E-state index is 11.8. The summed E-state index contributed by atoms with van der Waals surface area (Å²) in [5.74, 6) is 0.675. The molecule has 1 rings (SSSR count). The Balaban J connectivity index is 2.17. The van der Waals surface area contributed by atoms with Crippen molar-refractivity contribution in [1.29, 1.82) is 0 Å². The van der Waals surface area contributed by atoms with Crippen LogP contribution < -0.4 is 10.6 Å². The van der Waals surface area contributed by atoms with E-state index in [0.717, 1.165) is 5.56 Å². The Morgan fingerprint density at radius 1 is 1.31 bits per heavy atom. The van der Waals surface area contributed by atoms with E-state index in [0.29, 0.717) is 12.4 Å². The number of rotatable bonds is 5. The second-order valence-electron chi connectivity index (χ2n) is 3.44. The van der Waals surface area contributed by atoms with Crippen LogP contribution in [-0.2, 0) is 0 Å². The molecule has 1 aromatic rings. The molecule has 16 heavy (non-hydrogen) atoms. The number of anilines is 1. The van der Waals surface area contributed by atoms with Gasteiger partial charge in [0.15, 0.2) is 0 Å². The van der Waals surface area contributed by atoms with Crippen molar-refractivity contribution < 1.29 is 13.2 Å². The molecular formula is C10H14F3N3. The summed E-state index contributed by atoms with van der Waals surface area (Å²) in [6.45, 7) is 1.62. The van der Waals surface area contributed by atoms with E-state index in [4.69, 9.17) is 0 Å². The Morgan fingerprint density at radius 2 is 2.06 bits per heavy atom. The second kappa shape index (κ2) is 5.69. The van der Waals surface area contributed by atoms with E-state index in [1.807, 2.05) is 19.1 Å². The van der Waals surface area contributed by atoms with Gasteiger partial charge in [-0.25, -0.2) is 4.98 Å². The first-order valence-corrected chi connectivity index (χ1v) is 4.91. The smallest absolute Gasteiger partial charge is 0.369 e. The van der Waals surface area contributed by atoms with Crippen LogP contribution in [0.25, 0.3) is 0 Å². The third kappa shape index (κ3) is 5.55. The molecule has 90 valence electrons. The van der Waals surface area contributed by atoms with Crippen LogP contribution in [0.3, 0.4) is 0 Å². The van der Waals surface area contributed by atoms with E-state index < -0.39 is 12.7 Å². The number of nitrogens with one attached hydrogen (secondary N) is 2. The number of pyridine rings is 1. The SMILES string of the molecule is Cc1ccnc(NCCNCC(F)(F)F)c1. The molecule has 1 aromatic heterocycles. The number of nitrogens with zero attached hydrogens (tertiary/aromatic N) is 1. The summed E-state index contributed by atoms with van der Waals surface area (Å²) >= 11 is 0. The first kappa shape index (κ1) is 12.8. The van der Waals surface area contributed by atoms with Gasteiger partial charge < -0.3 is 10.6 Å². The van der Waals surface area contributed by atoms with E-state index in [1.54, 1.807) is 6.20 Å². The average molecular weight is 233 g/mol. The average Bonchev–Trinajstić information content (AvgIpc) is 2.15. The molecule has 0 saturated heterocycles. The molecule has 0 fully saturated rings. The third-order valence-corrected chi connectivity index (χ3v) is 1.85. The Labute approximate surface area is 92.1 Å². The van der Waals surface area contributed by atoms with Crippen LogP contribution in [-0.4, -0.2) is 30.8 Å². The molecule has 0 radical (unpaired) electrons. The molecule has 0 unspecified atom stereocenters. The molecule has 0 aliphatic heterocycles. The largest absolute Gasteiger partial charge is 0.401 e. The van der Waals surface area contributed by atoms with E-state index in [9.17, 15) is 13.2 Å². The first-order valence-electron chi connectivity index (χ1n) is 4.91. The predicted molar refractivity (Wildman–Crippen MR) is 56.4 cm³/mol. The van der Waals surface area contributed by atoms with Gasteiger partial charge in [0.05, 0.1) is 6.54 Å². The van der Waals surface area contributed by atoms with E-state index >= 15 is 0 Å². The van der Waals surface area contributed by atoms with Gasteiger partial charge >= 0.3 is 6.18 Å². The van der Waals surface area contributed by atoms with Gasteiger partial charge in [-0.1, -0.05) is 0 Å². The van der Waals surface area contributed by atoms with Crippen molar-refractivity contribution in [2.75, 3.05) is 25.0 Å². The topological polar surface area (TPSA) is 37.0 Å². The molecule has 3 nitrogen and oxygen atoms in total. The molecule has 2 N–H and O–H groups in total. The fourth-order valence-electron chi connectivity index (χ4n) is 1.14. The number of hydrogen-bond acceptors (Lipinski definition) is 3. The zero-order chi connectivity index (χ0) is 12.0. The summed E-state index contributed by atoms with van der Waals surface area (Å²) in [7, 11) is 0. The third-order valence-electron chi connectivity index (χ3n) is 1.85. The summed E-state index contributed by atoms with van der Waals surface area (Å²) < 4.78 is 35.3. The Kier molecular flexibility index (Phi) is 4.54. The summed E-state index contributed by atoms with van der Waals surface area (Å²) in [6, 6.07) is 3.69. The van der Waals surface area contributed by atoms with Gasteiger partial charge in [-0.05, 0) is 24.6 Å². The van der Waals surface area contributed by atoms with Crippen LogP contribution in [0.15, 0.2) is 18.3 Å². The number of halogens is 3. The monoisotopic (exact) mass is 233 g/mol. The van der Waals surface area contributed by atoms with Gasteiger partial charge in [0, 0.05) is 19.3 Å². The highest BCUT2D eigenvalue weighted by molar-refractivity contribution is 5.36. The fourth-order valence-corrected chi connectivity index (χ4v) is 1.14. The van der Waals surface area contributed by atoms with Crippen molar-refractivity contribution in [2.45, 2.75) is 13.1 Å². The molecule has 0 atom stereocenters. The van der Waals surface area contributed by atoms with Gasteiger partial charge in [0.2, 0.25) is 0 Å². The van der Waals surface area contributed by atoms with E-state index in [1.165, 1.54) is 0 Å². The normalized spacial score (nSPS) is 11.5. The van der Waals surface area contributed by atoms with Gasteiger partial charge in [0.25, 0.3) is 0 Å². The summed E-state index contributed by atoms with van der Waals surface area (Å²) in [5.41, 5.74) is 1.06. The first-order chi connectivity index (χ1) is 7.47. The highest BCUT2D eigenvalue weighted by Gasteiger charge is 2.25. The van der Waals surface area contributed by atoms with Gasteiger partial charge in [0.1, 0.15) is 5.82 Å². The van der Waals surface area contributed by atoms with Gasteiger partial charge in [-0.3, -0.25) is 0 Å². The van der Waals surface area contributed by atoms with Crippen molar-refractivity contribution >= 4 is 5.82 Å². The van der Waals surface area contributed by atoms with Crippen LogP contribution in [0.5, 0.6) is 0 Å². The summed E-state index contributed by atoms with van der Waals surface area (Å²) in [5, 5.41) is 5.23. The van der Waals surface area contributed by atoms with Crippen molar-refractivity contribution in [3.8, 4) is 0 Å². The molecule has 0 aromatic carbocycles. The number of aryl methyl sites for hydroxylation is 1. The molecule has 0 aliphatic rings. The summed E-state index contributed by atoms with van der Waals surface area (Å²) in [4.78, 5) is 4.02. The fraction of sp³-hybridized carbons (Fsp3) is 0.500. The lowest BCUT2D eigenvalue weighted by atomic mass is 10.3. The van der Waals surface area contributed by atoms with Crippen LogP contribution >= 0.6 is 0 Å². The molecular weight excluding hydrogens is 219 g/mol. The maximum Gasteiger partial charge on any atom is 0.401 e. The number of aromatic nitrogens is 1. The lowest BCUT2D eigenvalue weighted by Gasteiger charge is -2.09. The zero-order valence-electron chi connectivity index (χ0n) is 8.93. The Morgan fingerprint density at radius 3 is 2.69 bits per heavy atom. The molecule has 0 spiro atoms. The number of alkyl halides is 3. The van der Waals surface area contributed by atoms with Crippen LogP contribution in [0.1, 0.15) is 5.56 Å². The highest BCUT2D eigenvalue weighted by atomic mass is 19.4. The zero-order valence-corrected chi connectivity index (χ0v) is 8.93. The van der Waals surface area contributed by atoms with Crippen LogP contribution in [0, 0.1) is 6.92 Å². The van der Waals surface area contributed by atoms with Gasteiger partial charge in [-0.2, -0.15) is 13.2 Å². The molecule has 0 aliphatic carbocycles. The van der Waals surface area contributed by atoms with E-state index in [2.05, 4.69) is 15.6 Å². The minimum absolute atomic E-state index is 0.245. The molecule has 6 heteroatoms.